The van der Waals surface area contributed by atoms with Crippen molar-refractivity contribution in [2.45, 2.75) is 37.9 Å². The molecule has 1 atom stereocenters. The van der Waals surface area contributed by atoms with Crippen molar-refractivity contribution in [1.82, 2.24) is 10.6 Å². The average Bonchev–Trinajstić information content (AvgIpc) is 3.13. The van der Waals surface area contributed by atoms with Crippen LogP contribution in [0.25, 0.3) is 0 Å². The van der Waals surface area contributed by atoms with Crippen LogP contribution < -0.4 is 15.5 Å². The van der Waals surface area contributed by atoms with E-state index >= 15 is 0 Å². The van der Waals surface area contributed by atoms with Crippen LogP contribution in [-0.4, -0.2) is 50.2 Å². The molecule has 0 aliphatic carbocycles. The molecule has 0 aromatic heterocycles. The van der Waals surface area contributed by atoms with Gasteiger partial charge in [0.25, 0.3) is 0 Å². The normalized spacial score (nSPS) is 17.8. The van der Waals surface area contributed by atoms with Gasteiger partial charge in [-0.15, -0.1) is 0 Å². The lowest BCUT2D eigenvalue weighted by atomic mass is 10.2. The summed E-state index contributed by atoms with van der Waals surface area (Å²) in [7, 11) is 2.16. The maximum atomic E-state index is 4.74. The summed E-state index contributed by atoms with van der Waals surface area (Å²) in [5, 5.41) is 7.54. The summed E-state index contributed by atoms with van der Waals surface area (Å²) in [5.74, 6) is 2.28. The molecular formula is C19H32N4S. The van der Waals surface area contributed by atoms with E-state index in [1.54, 1.807) is 0 Å². The molecule has 1 fully saturated rings. The summed E-state index contributed by atoms with van der Waals surface area (Å²) in [6, 6.07) is 10.6. The molecule has 1 heterocycles. The van der Waals surface area contributed by atoms with Gasteiger partial charge in [0.1, 0.15) is 0 Å². The number of unbranched alkanes of at least 4 members (excludes halogenated alkanes) is 1. The van der Waals surface area contributed by atoms with Crippen molar-refractivity contribution in [2.24, 2.45) is 4.99 Å². The van der Waals surface area contributed by atoms with Crippen molar-refractivity contribution in [3.8, 4) is 0 Å². The van der Waals surface area contributed by atoms with E-state index in [2.05, 4.69) is 71.6 Å². The molecule has 0 radical (unpaired) electrons. The molecule has 5 heteroatoms. The third-order valence-electron chi connectivity index (χ3n) is 4.23. The number of aliphatic imine (C=N–C) groups is 1. The van der Waals surface area contributed by atoms with Crippen LogP contribution in [0.15, 0.2) is 35.3 Å². The highest BCUT2D eigenvalue weighted by Gasteiger charge is 2.14. The molecular weight excluding hydrogens is 316 g/mol. The number of nitrogens with zero attached hydrogens (tertiary/aromatic N) is 2. The van der Waals surface area contributed by atoms with Crippen LogP contribution >= 0.6 is 11.8 Å². The van der Waals surface area contributed by atoms with Gasteiger partial charge < -0.3 is 15.5 Å². The highest BCUT2D eigenvalue weighted by atomic mass is 32.2. The van der Waals surface area contributed by atoms with E-state index in [4.69, 9.17) is 4.99 Å². The van der Waals surface area contributed by atoms with Crippen LogP contribution in [0.5, 0.6) is 0 Å². The van der Waals surface area contributed by atoms with Crippen LogP contribution in [0.2, 0.25) is 0 Å². The van der Waals surface area contributed by atoms with E-state index in [1.807, 2.05) is 0 Å². The van der Waals surface area contributed by atoms with Crippen molar-refractivity contribution in [2.75, 3.05) is 43.9 Å². The molecule has 1 saturated heterocycles. The lowest BCUT2D eigenvalue weighted by Gasteiger charge is -2.19. The topological polar surface area (TPSA) is 39.7 Å². The summed E-state index contributed by atoms with van der Waals surface area (Å²) in [6.07, 6.45) is 5.00. The lowest BCUT2D eigenvalue weighted by molar-refractivity contribution is 0.685. The quantitative estimate of drug-likeness (QED) is 0.408. The summed E-state index contributed by atoms with van der Waals surface area (Å²) in [4.78, 5) is 7.06. The van der Waals surface area contributed by atoms with Crippen LogP contribution in [0.3, 0.4) is 0 Å². The number of hydrogen-bond acceptors (Lipinski definition) is 3. The minimum Gasteiger partial charge on any atom is -0.375 e. The molecule has 0 spiro atoms. The number of hydrogen-bond donors (Lipinski definition) is 2. The second kappa shape index (κ2) is 11.2. The molecule has 24 heavy (non-hydrogen) atoms. The van der Waals surface area contributed by atoms with Crippen LogP contribution in [0.1, 0.15) is 32.6 Å². The Bertz CT molecular complexity index is 472. The molecule has 2 N–H and O–H groups in total. The van der Waals surface area contributed by atoms with Gasteiger partial charge in [0.2, 0.25) is 0 Å². The molecule has 1 aromatic carbocycles. The fourth-order valence-corrected chi connectivity index (χ4v) is 4.00. The third kappa shape index (κ3) is 7.04. The van der Waals surface area contributed by atoms with Gasteiger partial charge in [0.05, 0.1) is 6.54 Å². The minimum absolute atomic E-state index is 0.722. The maximum absolute atomic E-state index is 4.74. The minimum atomic E-state index is 0.722. The molecule has 0 amide bonds. The predicted molar refractivity (Wildman–Crippen MR) is 108 cm³/mol. The molecule has 0 saturated carbocycles. The first-order chi connectivity index (χ1) is 11.8. The zero-order valence-corrected chi connectivity index (χ0v) is 15.9. The number of nitrogens with one attached hydrogen (secondary N) is 2. The van der Waals surface area contributed by atoms with Gasteiger partial charge in [-0.3, -0.25) is 4.99 Å². The SMILES string of the molecule is CCNC(=NCC1CCCS1)NCCCCN(C)c1ccccc1. The van der Waals surface area contributed by atoms with Crippen LogP contribution in [0, 0.1) is 0 Å². The highest BCUT2D eigenvalue weighted by Crippen LogP contribution is 2.25. The first kappa shape index (κ1) is 19.0. The Balaban J connectivity index is 1.62. The van der Waals surface area contributed by atoms with Gasteiger partial charge >= 0.3 is 0 Å². The Morgan fingerprint density at radius 1 is 1.25 bits per heavy atom. The van der Waals surface area contributed by atoms with Crippen molar-refractivity contribution in [3.05, 3.63) is 30.3 Å². The van der Waals surface area contributed by atoms with Gasteiger partial charge in [-0.05, 0) is 50.5 Å². The zero-order chi connectivity index (χ0) is 17.0. The van der Waals surface area contributed by atoms with Gasteiger partial charge in [-0.1, -0.05) is 18.2 Å². The van der Waals surface area contributed by atoms with Crippen LogP contribution in [0.4, 0.5) is 5.69 Å². The fraction of sp³-hybridized carbons (Fsp3) is 0.632. The largest absolute Gasteiger partial charge is 0.375 e. The highest BCUT2D eigenvalue weighted by molar-refractivity contribution is 8.00. The first-order valence-corrected chi connectivity index (χ1v) is 10.2. The zero-order valence-electron chi connectivity index (χ0n) is 15.1. The van der Waals surface area contributed by atoms with E-state index in [9.17, 15) is 0 Å². The number of rotatable bonds is 9. The number of benzene rings is 1. The van der Waals surface area contributed by atoms with Gasteiger partial charge in [0, 0.05) is 37.6 Å². The second-order valence-electron chi connectivity index (χ2n) is 6.25. The summed E-state index contributed by atoms with van der Waals surface area (Å²) in [6.45, 7) is 6.04. The van der Waals surface area contributed by atoms with Crippen LogP contribution in [-0.2, 0) is 0 Å². The summed E-state index contributed by atoms with van der Waals surface area (Å²) < 4.78 is 0. The van der Waals surface area contributed by atoms with Gasteiger partial charge in [0.15, 0.2) is 5.96 Å². The summed E-state index contributed by atoms with van der Waals surface area (Å²) in [5.41, 5.74) is 1.29. The molecule has 1 unspecified atom stereocenters. The maximum Gasteiger partial charge on any atom is 0.191 e. The first-order valence-electron chi connectivity index (χ1n) is 9.19. The predicted octanol–water partition coefficient (Wildman–Crippen LogP) is 3.35. The van der Waals surface area contributed by atoms with Crippen molar-refractivity contribution < 1.29 is 0 Å². The van der Waals surface area contributed by atoms with E-state index in [1.165, 1.54) is 30.7 Å². The monoisotopic (exact) mass is 348 g/mol. The summed E-state index contributed by atoms with van der Waals surface area (Å²) >= 11 is 2.07. The van der Waals surface area contributed by atoms with Crippen molar-refractivity contribution in [1.29, 1.82) is 0 Å². The number of anilines is 1. The Hall–Kier alpha value is -1.36. The van der Waals surface area contributed by atoms with Gasteiger partial charge in [-0.25, -0.2) is 0 Å². The Kier molecular flexibility index (Phi) is 8.88. The van der Waals surface area contributed by atoms with E-state index in [0.717, 1.165) is 43.8 Å². The molecule has 134 valence electrons. The second-order valence-corrected chi connectivity index (χ2v) is 7.65. The van der Waals surface area contributed by atoms with Gasteiger partial charge in [-0.2, -0.15) is 11.8 Å². The van der Waals surface area contributed by atoms with Crippen molar-refractivity contribution >= 4 is 23.4 Å². The van der Waals surface area contributed by atoms with E-state index in [0.29, 0.717) is 0 Å². The average molecular weight is 349 g/mol. The molecule has 0 bridgehead atoms. The Morgan fingerprint density at radius 2 is 2.08 bits per heavy atom. The molecule has 1 aromatic rings. The number of thioether (sulfide) groups is 1. The molecule has 2 rings (SSSR count). The fourth-order valence-electron chi connectivity index (χ4n) is 2.82. The van der Waals surface area contributed by atoms with E-state index in [-0.39, 0.29) is 0 Å². The molecule has 4 nitrogen and oxygen atoms in total. The number of para-hydroxylation sites is 1. The Labute approximate surface area is 151 Å². The number of guanidine groups is 1. The van der Waals surface area contributed by atoms with E-state index < -0.39 is 0 Å². The van der Waals surface area contributed by atoms with Crippen molar-refractivity contribution in [3.63, 3.8) is 0 Å². The smallest absolute Gasteiger partial charge is 0.191 e. The standard InChI is InChI=1S/C19H32N4S/c1-3-20-19(22-16-18-12-9-15-24-18)21-13-7-8-14-23(2)17-10-5-4-6-11-17/h4-6,10-11,18H,3,7-9,12-16H2,1-2H3,(H2,20,21,22). The Morgan fingerprint density at radius 3 is 2.79 bits per heavy atom. The third-order valence-corrected chi connectivity index (χ3v) is 5.61. The molecule has 1 aliphatic rings. The lowest BCUT2D eigenvalue weighted by Crippen LogP contribution is -2.38. The molecule has 1 aliphatic heterocycles.